The summed E-state index contributed by atoms with van der Waals surface area (Å²) in [7, 11) is 0.887. The first-order chi connectivity index (χ1) is 16.1. The van der Waals surface area contributed by atoms with E-state index in [0.29, 0.717) is 30.4 Å². The van der Waals surface area contributed by atoms with Crippen LogP contribution in [-0.2, 0) is 24.8 Å². The molecule has 0 aliphatic carbocycles. The van der Waals surface area contributed by atoms with Gasteiger partial charge in [0.15, 0.2) is 0 Å². The number of hydrogen-bond donors (Lipinski definition) is 1. The topological polar surface area (TPSA) is 83.1 Å². The maximum atomic E-state index is 11.8. The molecule has 0 aromatic heterocycles. The van der Waals surface area contributed by atoms with Crippen LogP contribution >= 0.6 is 39.1 Å². The average molecular weight is 542 g/mol. The summed E-state index contributed by atoms with van der Waals surface area (Å²) in [6, 6.07) is 14.8. The van der Waals surface area contributed by atoms with Crippen LogP contribution in [0.3, 0.4) is 0 Å². The summed E-state index contributed by atoms with van der Waals surface area (Å²) in [5, 5.41) is 2.19. The summed E-state index contributed by atoms with van der Waals surface area (Å²) in [6.45, 7) is 5.37. The molecule has 7 nitrogen and oxygen atoms in total. The summed E-state index contributed by atoms with van der Waals surface area (Å²) in [6.07, 6.45) is -0.0203. The molecular weight excluding hydrogens is 516 g/mol. The Bertz CT molecular complexity index is 1100. The fraction of sp³-hybridized carbons (Fsp3) is 0.391. The van der Waals surface area contributed by atoms with Crippen LogP contribution in [-0.4, -0.2) is 36.2 Å². The number of halogens is 1. The second-order valence-corrected chi connectivity index (χ2v) is 13.9. The zero-order valence-corrected chi connectivity index (χ0v) is 22.3. The average Bonchev–Trinajstić information content (AvgIpc) is 3.11. The second kappa shape index (κ2) is 10.7. The number of thioether (sulfide) groups is 1. The van der Waals surface area contributed by atoms with E-state index in [1.54, 1.807) is 6.07 Å². The lowest BCUT2D eigenvalue weighted by molar-refractivity contribution is -0.118. The number of rotatable bonds is 8. The van der Waals surface area contributed by atoms with E-state index in [1.165, 1.54) is 0 Å². The van der Waals surface area contributed by atoms with Crippen LogP contribution in [0.2, 0.25) is 5.02 Å². The van der Waals surface area contributed by atoms with Crippen LogP contribution in [0.15, 0.2) is 48.5 Å². The first-order valence-electron chi connectivity index (χ1n) is 10.7. The van der Waals surface area contributed by atoms with Crippen LogP contribution < -0.4 is 10.1 Å². The summed E-state index contributed by atoms with van der Waals surface area (Å²) in [5.41, 5.74) is 1.69. The minimum absolute atomic E-state index is 0.0890. The van der Waals surface area contributed by atoms with E-state index >= 15 is 0 Å². The van der Waals surface area contributed by atoms with Gasteiger partial charge in [-0.1, -0.05) is 61.5 Å². The highest BCUT2D eigenvalue weighted by Gasteiger charge is 2.35. The molecule has 11 heteroatoms. The van der Waals surface area contributed by atoms with Crippen molar-refractivity contribution >= 4 is 50.3 Å². The van der Waals surface area contributed by atoms with Gasteiger partial charge in [-0.2, -0.15) is 0 Å². The lowest BCUT2D eigenvalue weighted by Crippen LogP contribution is -2.30. The highest BCUT2D eigenvalue weighted by Crippen LogP contribution is 2.61. The molecule has 0 bridgehead atoms. The van der Waals surface area contributed by atoms with Crippen molar-refractivity contribution in [3.05, 3.63) is 64.7 Å². The van der Waals surface area contributed by atoms with Gasteiger partial charge < -0.3 is 18.3 Å². The molecule has 2 aliphatic heterocycles. The molecule has 2 aliphatic rings. The van der Waals surface area contributed by atoms with Crippen molar-refractivity contribution in [1.82, 2.24) is 5.32 Å². The summed E-state index contributed by atoms with van der Waals surface area (Å²) in [4.78, 5) is 23.2. The number of carbonyl (C=O) groups is 2. The molecule has 1 N–H and O–H groups in total. The van der Waals surface area contributed by atoms with E-state index < -0.39 is 18.6 Å². The molecule has 0 spiro atoms. The van der Waals surface area contributed by atoms with Gasteiger partial charge >= 0.3 is 0 Å². The maximum Gasteiger partial charge on any atom is 0.286 e. The third-order valence-electron chi connectivity index (χ3n) is 5.25. The summed E-state index contributed by atoms with van der Waals surface area (Å²) >= 11 is 7.23. The van der Waals surface area contributed by atoms with Gasteiger partial charge in [0.1, 0.15) is 18.5 Å². The van der Waals surface area contributed by atoms with Gasteiger partial charge in [-0.3, -0.25) is 14.9 Å². The Labute approximate surface area is 210 Å². The van der Waals surface area contributed by atoms with Crippen molar-refractivity contribution in [1.29, 1.82) is 0 Å². The number of nitrogens with one attached hydrogen (secondary N) is 1. The Morgan fingerprint density at radius 1 is 1.21 bits per heavy atom. The predicted octanol–water partition coefficient (Wildman–Crippen LogP) is 6.26. The molecule has 182 valence electrons. The molecule has 0 saturated carbocycles. The molecule has 2 atom stereocenters. The van der Waals surface area contributed by atoms with E-state index in [4.69, 9.17) is 29.9 Å². The Morgan fingerprint density at radius 3 is 2.53 bits per heavy atom. The van der Waals surface area contributed by atoms with Crippen LogP contribution in [0.5, 0.6) is 5.75 Å². The Morgan fingerprint density at radius 2 is 1.91 bits per heavy atom. The molecule has 0 radical (unpaired) electrons. The van der Waals surface area contributed by atoms with Gasteiger partial charge in [0.2, 0.25) is 5.91 Å². The molecule has 2 aromatic carbocycles. The number of carbonyl (C=O) groups excluding carboxylic acids is 2. The third-order valence-corrected chi connectivity index (χ3v) is 9.03. The van der Waals surface area contributed by atoms with E-state index in [9.17, 15) is 9.59 Å². The van der Waals surface area contributed by atoms with Crippen molar-refractivity contribution in [3.63, 3.8) is 0 Å². The van der Waals surface area contributed by atoms with Crippen LogP contribution in [0, 0.1) is 5.41 Å². The largest absolute Gasteiger partial charge is 0.491 e. The standard InChI is InChI=1S/C23H26ClNO6P2S/c1-23(2)13-29-33(32,30-14-23)31-19(16-4-3-5-17(24)11-16)12-28-18-8-6-15(7-9-18)10-20-21(26)25-22(27)34-20/h3-9,11,19-20,32H,10,12-14H2,1-2H3,(H,25,26,27). The van der Waals surface area contributed by atoms with Crippen molar-refractivity contribution in [2.24, 2.45) is 5.41 Å². The van der Waals surface area contributed by atoms with Gasteiger partial charge in [-0.15, -0.1) is 0 Å². The van der Waals surface area contributed by atoms with Crippen LogP contribution in [0.1, 0.15) is 31.1 Å². The minimum Gasteiger partial charge on any atom is -0.491 e. The van der Waals surface area contributed by atoms with Gasteiger partial charge in [0.05, 0.1) is 18.5 Å². The van der Waals surface area contributed by atoms with Gasteiger partial charge in [0, 0.05) is 10.4 Å². The number of hydrogen-bond acceptors (Lipinski definition) is 7. The third kappa shape index (κ3) is 6.86. The fourth-order valence-corrected chi connectivity index (χ4v) is 6.94. The van der Waals surface area contributed by atoms with Gasteiger partial charge in [-0.25, -0.2) is 0 Å². The smallest absolute Gasteiger partial charge is 0.286 e. The Kier molecular flexibility index (Phi) is 8.10. The van der Waals surface area contributed by atoms with Gasteiger partial charge in [-0.05, 0) is 50.3 Å². The number of ether oxygens (including phenoxy) is 1. The van der Waals surface area contributed by atoms with E-state index in [1.807, 2.05) is 42.5 Å². The highest BCUT2D eigenvalue weighted by molar-refractivity contribution is 8.15. The number of imide groups is 1. The zero-order valence-electron chi connectivity index (χ0n) is 18.8. The van der Waals surface area contributed by atoms with Crippen LogP contribution in [0.25, 0.3) is 0 Å². The lowest BCUT2D eigenvalue weighted by Gasteiger charge is -2.38. The van der Waals surface area contributed by atoms with Crippen molar-refractivity contribution < 1.29 is 27.9 Å². The molecule has 34 heavy (non-hydrogen) atoms. The first kappa shape index (κ1) is 25.7. The molecule has 2 unspecified atom stereocenters. The molecule has 2 saturated heterocycles. The Balaban J connectivity index is 1.42. The van der Waals surface area contributed by atoms with E-state index in [2.05, 4.69) is 27.7 Å². The van der Waals surface area contributed by atoms with E-state index in [0.717, 1.165) is 22.9 Å². The monoisotopic (exact) mass is 541 g/mol. The minimum atomic E-state index is -2.72. The molecular formula is C23H26ClNO6P2S. The number of benzene rings is 2. The van der Waals surface area contributed by atoms with Crippen LogP contribution in [0.4, 0.5) is 4.79 Å². The fourth-order valence-electron chi connectivity index (χ4n) is 3.36. The molecule has 2 fully saturated rings. The first-order valence-corrected chi connectivity index (χ1v) is 14.9. The quantitative estimate of drug-likeness (QED) is 0.395. The molecule has 2 heterocycles. The van der Waals surface area contributed by atoms with Crippen molar-refractivity contribution in [2.45, 2.75) is 31.6 Å². The molecule has 2 aromatic rings. The lowest BCUT2D eigenvalue weighted by atomic mass is 9.97. The SMILES string of the molecule is CC1(C)COP(=P)(OC(COc2ccc(CC3SC(=O)NC3=O)cc2)c2cccc(Cl)c2)OC1. The van der Waals surface area contributed by atoms with Gasteiger partial charge in [0.25, 0.3) is 12.5 Å². The second-order valence-electron chi connectivity index (χ2n) is 8.90. The summed E-state index contributed by atoms with van der Waals surface area (Å²) < 4.78 is 24.2. The van der Waals surface area contributed by atoms with Crippen molar-refractivity contribution in [3.8, 4) is 5.75 Å². The Hall–Kier alpha value is -1.37. The normalized spacial score (nSPS) is 22.3. The number of amides is 2. The molecule has 2 amide bonds. The van der Waals surface area contributed by atoms with Crippen molar-refractivity contribution in [2.75, 3.05) is 19.8 Å². The highest BCUT2D eigenvalue weighted by atomic mass is 35.5. The zero-order chi connectivity index (χ0) is 24.3. The molecule has 4 rings (SSSR count). The predicted molar refractivity (Wildman–Crippen MR) is 137 cm³/mol. The summed E-state index contributed by atoms with van der Waals surface area (Å²) in [5.74, 6) is 0.395. The maximum absolute atomic E-state index is 11.8. The van der Waals surface area contributed by atoms with E-state index in [-0.39, 0.29) is 23.2 Å².